The Morgan fingerprint density at radius 2 is 1.50 bits per heavy atom. The molecule has 3 rings (SSSR count). The predicted octanol–water partition coefficient (Wildman–Crippen LogP) is 9.35. The van der Waals surface area contributed by atoms with E-state index in [-0.39, 0.29) is 11.9 Å². The van der Waals surface area contributed by atoms with Gasteiger partial charge in [0.25, 0.3) is 0 Å². The second kappa shape index (κ2) is 17.6. The van der Waals surface area contributed by atoms with Crippen LogP contribution in [0.2, 0.25) is 0 Å². The molecule has 2 aromatic carbocycles. The van der Waals surface area contributed by atoms with Crippen LogP contribution in [-0.4, -0.2) is 18.5 Å². The molecule has 5 heteroatoms. The Kier molecular flexibility index (Phi) is 13.8. The van der Waals surface area contributed by atoms with Crippen LogP contribution in [-0.2, 0) is 4.79 Å². The molecule has 0 bridgehead atoms. The van der Waals surface area contributed by atoms with E-state index in [4.69, 9.17) is 14.2 Å². The van der Waals surface area contributed by atoms with E-state index < -0.39 is 5.97 Å². The normalized spacial score (nSPS) is 17.6. The molecule has 0 N–H and O–H groups in total. The van der Waals surface area contributed by atoms with E-state index in [0.717, 1.165) is 56.1 Å². The Bertz CT molecular complexity index is 1020. The average Bonchev–Trinajstić information content (AvgIpc) is 2.98. The van der Waals surface area contributed by atoms with Gasteiger partial charge in [0, 0.05) is 0 Å². The Morgan fingerprint density at radius 1 is 0.850 bits per heavy atom. The van der Waals surface area contributed by atoms with E-state index in [1.165, 1.54) is 44.9 Å². The summed E-state index contributed by atoms with van der Waals surface area (Å²) < 4.78 is 16.9. The van der Waals surface area contributed by atoms with E-state index in [2.05, 4.69) is 20.4 Å². The van der Waals surface area contributed by atoms with Crippen molar-refractivity contribution in [3.05, 3.63) is 66.7 Å². The standard InChI is InChI=1S/C35H48O5/c1-4-6-7-10-13-28-14-16-29(17-15-28)34(36)39-32-22-24-33(25-23-32)40-35(37)30-18-20-31(21-19-30)38-26-11-8-9-12-27(3)5-2/h4,18-25,27-29H,1,5-17,26H2,2-3H3/t27-,28?,29?/m0/s1. The first kappa shape index (κ1) is 31.4. The lowest BCUT2D eigenvalue weighted by Crippen LogP contribution is -2.25. The van der Waals surface area contributed by atoms with E-state index in [1.54, 1.807) is 48.5 Å². The van der Waals surface area contributed by atoms with Crippen LogP contribution in [0.5, 0.6) is 17.2 Å². The van der Waals surface area contributed by atoms with Gasteiger partial charge in [0.05, 0.1) is 18.1 Å². The number of hydrogen-bond donors (Lipinski definition) is 0. The predicted molar refractivity (Wildman–Crippen MR) is 161 cm³/mol. The first-order chi connectivity index (χ1) is 19.5. The minimum absolute atomic E-state index is 0.0384. The van der Waals surface area contributed by atoms with Gasteiger partial charge in [-0.3, -0.25) is 4.79 Å². The smallest absolute Gasteiger partial charge is 0.343 e. The second-order valence-electron chi connectivity index (χ2n) is 11.3. The molecule has 0 aliphatic heterocycles. The van der Waals surface area contributed by atoms with Crippen molar-refractivity contribution in [1.29, 1.82) is 0 Å². The summed E-state index contributed by atoms with van der Waals surface area (Å²) in [6.07, 6.45) is 16.7. The maximum Gasteiger partial charge on any atom is 0.343 e. The van der Waals surface area contributed by atoms with E-state index in [9.17, 15) is 9.59 Å². The van der Waals surface area contributed by atoms with Gasteiger partial charge < -0.3 is 14.2 Å². The fraction of sp³-hybridized carbons (Fsp3) is 0.543. The zero-order valence-electron chi connectivity index (χ0n) is 24.6. The van der Waals surface area contributed by atoms with Crippen molar-refractivity contribution in [3.8, 4) is 17.2 Å². The lowest BCUT2D eigenvalue weighted by Gasteiger charge is -2.27. The van der Waals surface area contributed by atoms with Crippen molar-refractivity contribution in [2.75, 3.05) is 6.61 Å². The van der Waals surface area contributed by atoms with Crippen LogP contribution < -0.4 is 14.2 Å². The molecule has 1 aliphatic rings. The van der Waals surface area contributed by atoms with Crippen molar-refractivity contribution < 1.29 is 23.8 Å². The molecule has 0 aromatic heterocycles. The van der Waals surface area contributed by atoms with Crippen LogP contribution >= 0.6 is 0 Å². The molecule has 0 heterocycles. The van der Waals surface area contributed by atoms with Crippen LogP contribution in [0, 0.1) is 17.8 Å². The molecule has 1 aliphatic carbocycles. The first-order valence-corrected chi connectivity index (χ1v) is 15.4. The fourth-order valence-corrected chi connectivity index (χ4v) is 5.20. The maximum atomic E-state index is 12.7. The molecule has 0 amide bonds. The minimum atomic E-state index is -0.442. The second-order valence-corrected chi connectivity index (χ2v) is 11.3. The summed E-state index contributed by atoms with van der Waals surface area (Å²) in [6, 6.07) is 13.7. The summed E-state index contributed by atoms with van der Waals surface area (Å²) >= 11 is 0. The Labute approximate surface area is 241 Å². The molecule has 5 nitrogen and oxygen atoms in total. The van der Waals surface area contributed by atoms with Crippen LogP contribution in [0.3, 0.4) is 0 Å². The molecule has 0 spiro atoms. The zero-order chi connectivity index (χ0) is 28.6. The third kappa shape index (κ3) is 11.2. The molecule has 1 saturated carbocycles. The van der Waals surface area contributed by atoms with Gasteiger partial charge in [-0.25, -0.2) is 4.79 Å². The summed E-state index contributed by atoms with van der Waals surface area (Å²) in [5, 5.41) is 0. The highest BCUT2D eigenvalue weighted by molar-refractivity contribution is 5.91. The van der Waals surface area contributed by atoms with E-state index >= 15 is 0 Å². The number of benzene rings is 2. The summed E-state index contributed by atoms with van der Waals surface area (Å²) in [7, 11) is 0. The molecule has 1 atom stereocenters. The summed E-state index contributed by atoms with van der Waals surface area (Å²) in [4.78, 5) is 25.2. The molecule has 2 aromatic rings. The SMILES string of the molecule is C=CCCCCC1CCC(C(=O)Oc2ccc(OC(=O)c3ccc(OCCCCC[C@@H](C)CC)cc3)cc2)CC1. The first-order valence-electron chi connectivity index (χ1n) is 15.4. The van der Waals surface area contributed by atoms with Crippen LogP contribution in [0.4, 0.5) is 0 Å². The van der Waals surface area contributed by atoms with Crippen molar-refractivity contribution in [1.82, 2.24) is 0 Å². The van der Waals surface area contributed by atoms with Gasteiger partial charge >= 0.3 is 11.9 Å². The number of unbranched alkanes of at least 4 members (excludes halogenated alkanes) is 4. The number of esters is 2. The van der Waals surface area contributed by atoms with Gasteiger partial charge in [-0.15, -0.1) is 6.58 Å². The summed E-state index contributed by atoms with van der Waals surface area (Å²) in [5.41, 5.74) is 0.452. The van der Waals surface area contributed by atoms with Gasteiger partial charge in [0.15, 0.2) is 0 Å². The zero-order valence-corrected chi connectivity index (χ0v) is 24.6. The van der Waals surface area contributed by atoms with Crippen molar-refractivity contribution in [2.24, 2.45) is 17.8 Å². The van der Waals surface area contributed by atoms with Crippen LogP contribution in [0.25, 0.3) is 0 Å². The van der Waals surface area contributed by atoms with Gasteiger partial charge in [0.1, 0.15) is 17.2 Å². The third-order valence-corrected chi connectivity index (χ3v) is 8.10. The quantitative estimate of drug-likeness (QED) is 0.0853. The fourth-order valence-electron chi connectivity index (χ4n) is 5.20. The van der Waals surface area contributed by atoms with Gasteiger partial charge in [0.2, 0.25) is 0 Å². The maximum absolute atomic E-state index is 12.7. The van der Waals surface area contributed by atoms with Crippen molar-refractivity contribution in [3.63, 3.8) is 0 Å². The molecule has 0 radical (unpaired) electrons. The van der Waals surface area contributed by atoms with Gasteiger partial charge in [-0.05, 0) is 105 Å². The number of carbonyl (C=O) groups is 2. The number of allylic oxidation sites excluding steroid dienone is 1. The van der Waals surface area contributed by atoms with Gasteiger partial charge in [-0.1, -0.05) is 58.4 Å². The Morgan fingerprint density at radius 3 is 2.15 bits per heavy atom. The molecular weight excluding hydrogens is 500 g/mol. The minimum Gasteiger partial charge on any atom is -0.494 e. The topological polar surface area (TPSA) is 61.8 Å². The highest BCUT2D eigenvalue weighted by Gasteiger charge is 2.27. The monoisotopic (exact) mass is 548 g/mol. The Hall–Kier alpha value is -3.08. The number of ether oxygens (including phenoxy) is 3. The highest BCUT2D eigenvalue weighted by Crippen LogP contribution is 2.33. The lowest BCUT2D eigenvalue weighted by atomic mass is 9.80. The van der Waals surface area contributed by atoms with Crippen molar-refractivity contribution in [2.45, 2.75) is 97.3 Å². The number of rotatable bonds is 17. The summed E-state index contributed by atoms with van der Waals surface area (Å²) in [6.45, 7) is 9.00. The van der Waals surface area contributed by atoms with Crippen LogP contribution in [0.15, 0.2) is 61.2 Å². The number of carbonyl (C=O) groups excluding carboxylic acids is 2. The highest BCUT2D eigenvalue weighted by atomic mass is 16.5. The van der Waals surface area contributed by atoms with Gasteiger partial charge in [-0.2, -0.15) is 0 Å². The van der Waals surface area contributed by atoms with E-state index in [1.807, 2.05) is 6.08 Å². The average molecular weight is 549 g/mol. The molecule has 0 saturated heterocycles. The Balaban J connectivity index is 1.35. The number of hydrogen-bond acceptors (Lipinski definition) is 5. The molecule has 40 heavy (non-hydrogen) atoms. The molecular formula is C35H48O5. The largest absolute Gasteiger partial charge is 0.494 e. The molecule has 218 valence electrons. The lowest BCUT2D eigenvalue weighted by molar-refractivity contribution is -0.140. The van der Waals surface area contributed by atoms with E-state index in [0.29, 0.717) is 23.7 Å². The summed E-state index contributed by atoms with van der Waals surface area (Å²) in [5.74, 6) is 2.50. The van der Waals surface area contributed by atoms with Crippen molar-refractivity contribution >= 4 is 11.9 Å². The molecule has 1 fully saturated rings. The third-order valence-electron chi connectivity index (χ3n) is 8.10. The molecule has 0 unspecified atom stereocenters. The van der Waals surface area contributed by atoms with Crippen LogP contribution in [0.1, 0.15) is 108 Å².